The molecular formula is C15H22FNO2. The molecule has 0 spiro atoms. The molecule has 0 bridgehead atoms. The number of halogens is 1. The Morgan fingerprint density at radius 1 is 1.53 bits per heavy atom. The van der Waals surface area contributed by atoms with Crippen LogP contribution < -0.4 is 10.1 Å². The van der Waals surface area contributed by atoms with E-state index in [0.29, 0.717) is 5.75 Å². The Kier molecular flexibility index (Phi) is 4.11. The van der Waals surface area contributed by atoms with Gasteiger partial charge in [-0.25, -0.2) is 4.39 Å². The Balaban J connectivity index is 2.20. The van der Waals surface area contributed by atoms with Crippen molar-refractivity contribution in [3.8, 4) is 5.75 Å². The summed E-state index contributed by atoms with van der Waals surface area (Å²) in [4.78, 5) is 0. The molecule has 0 aliphatic carbocycles. The van der Waals surface area contributed by atoms with E-state index in [4.69, 9.17) is 9.84 Å². The molecule has 1 heterocycles. The smallest absolute Gasteiger partial charge is 0.127 e. The molecule has 4 heteroatoms. The maximum atomic E-state index is 13.3. The van der Waals surface area contributed by atoms with Crippen molar-refractivity contribution in [2.75, 3.05) is 13.2 Å². The number of nitrogens with one attached hydrogen (secondary N) is 1. The molecule has 1 aliphatic rings. The Morgan fingerprint density at radius 2 is 2.26 bits per heavy atom. The lowest BCUT2D eigenvalue weighted by atomic mass is 9.89. The van der Waals surface area contributed by atoms with E-state index < -0.39 is 0 Å². The van der Waals surface area contributed by atoms with Crippen molar-refractivity contribution >= 4 is 0 Å². The molecule has 0 saturated carbocycles. The Bertz CT molecular complexity index is 448. The summed E-state index contributed by atoms with van der Waals surface area (Å²) in [6.45, 7) is 6.89. The van der Waals surface area contributed by atoms with Gasteiger partial charge in [0.05, 0.1) is 0 Å². The monoisotopic (exact) mass is 267 g/mol. The molecule has 0 saturated heterocycles. The number of ether oxygens (including phenoxy) is 1. The Labute approximate surface area is 113 Å². The van der Waals surface area contributed by atoms with Gasteiger partial charge in [0.1, 0.15) is 17.2 Å². The van der Waals surface area contributed by atoms with Crippen LogP contribution in [-0.2, 0) is 0 Å². The topological polar surface area (TPSA) is 41.5 Å². The predicted molar refractivity (Wildman–Crippen MR) is 72.7 cm³/mol. The van der Waals surface area contributed by atoms with E-state index in [1.165, 1.54) is 12.1 Å². The van der Waals surface area contributed by atoms with Crippen LogP contribution in [0, 0.1) is 11.7 Å². The second-order valence-corrected chi connectivity index (χ2v) is 6.00. The summed E-state index contributed by atoms with van der Waals surface area (Å²) >= 11 is 0. The second-order valence-electron chi connectivity index (χ2n) is 6.00. The first-order chi connectivity index (χ1) is 8.91. The molecule has 3 nitrogen and oxygen atoms in total. The van der Waals surface area contributed by atoms with Crippen molar-refractivity contribution < 1.29 is 14.2 Å². The molecule has 0 fully saturated rings. The molecule has 0 radical (unpaired) electrons. The first-order valence-electron chi connectivity index (χ1n) is 6.74. The number of aliphatic hydroxyl groups is 1. The van der Waals surface area contributed by atoms with Gasteiger partial charge in [0, 0.05) is 37.2 Å². The minimum atomic E-state index is -0.319. The minimum absolute atomic E-state index is 0.133. The van der Waals surface area contributed by atoms with Crippen molar-refractivity contribution in [1.82, 2.24) is 5.32 Å². The third kappa shape index (κ3) is 3.45. The number of hydrogen-bond donors (Lipinski definition) is 2. The van der Waals surface area contributed by atoms with E-state index in [2.05, 4.69) is 5.32 Å². The summed E-state index contributed by atoms with van der Waals surface area (Å²) in [6, 6.07) is 4.82. The van der Waals surface area contributed by atoms with Crippen molar-refractivity contribution in [3.63, 3.8) is 0 Å². The Hall–Kier alpha value is -1.13. The fourth-order valence-electron chi connectivity index (χ4n) is 2.42. The van der Waals surface area contributed by atoms with Gasteiger partial charge in [0.15, 0.2) is 0 Å². The molecule has 19 heavy (non-hydrogen) atoms. The summed E-state index contributed by atoms with van der Waals surface area (Å²) in [6.07, 6.45) is 0.823. The first kappa shape index (κ1) is 14.3. The van der Waals surface area contributed by atoms with Gasteiger partial charge in [-0.15, -0.1) is 0 Å². The Morgan fingerprint density at radius 3 is 2.95 bits per heavy atom. The molecule has 1 aromatic rings. The number of aliphatic hydroxyl groups excluding tert-OH is 1. The molecule has 106 valence electrons. The lowest BCUT2D eigenvalue weighted by Gasteiger charge is -2.38. The summed E-state index contributed by atoms with van der Waals surface area (Å²) in [7, 11) is 0. The van der Waals surface area contributed by atoms with E-state index in [1.54, 1.807) is 6.07 Å². The fourth-order valence-corrected chi connectivity index (χ4v) is 2.42. The number of hydrogen-bond acceptors (Lipinski definition) is 3. The number of fused-ring (bicyclic) bond motifs is 1. The average Bonchev–Trinajstić information content (AvgIpc) is 2.33. The van der Waals surface area contributed by atoms with Crippen LogP contribution in [-0.4, -0.2) is 23.9 Å². The van der Waals surface area contributed by atoms with Gasteiger partial charge < -0.3 is 15.2 Å². The van der Waals surface area contributed by atoms with Crippen molar-refractivity contribution in [2.45, 2.75) is 38.8 Å². The van der Waals surface area contributed by atoms with Crippen LogP contribution in [0.5, 0.6) is 5.75 Å². The summed E-state index contributed by atoms with van der Waals surface area (Å²) in [5.41, 5.74) is 0.673. The normalized spacial score (nSPS) is 22.5. The predicted octanol–water partition coefficient (Wildman–Crippen LogP) is 2.65. The third-order valence-electron chi connectivity index (χ3n) is 3.46. The zero-order chi connectivity index (χ0) is 14.0. The van der Waals surface area contributed by atoms with E-state index in [-0.39, 0.29) is 30.0 Å². The molecule has 2 atom stereocenters. The van der Waals surface area contributed by atoms with Crippen LogP contribution in [0.1, 0.15) is 38.8 Å². The van der Waals surface area contributed by atoms with Crippen LogP contribution in [0.15, 0.2) is 18.2 Å². The van der Waals surface area contributed by atoms with Crippen LogP contribution in [0.2, 0.25) is 0 Å². The molecule has 2 N–H and O–H groups in total. The van der Waals surface area contributed by atoms with Crippen LogP contribution in [0.25, 0.3) is 0 Å². The highest BCUT2D eigenvalue weighted by Gasteiger charge is 2.33. The van der Waals surface area contributed by atoms with E-state index >= 15 is 0 Å². The minimum Gasteiger partial charge on any atom is -0.487 e. The highest BCUT2D eigenvalue weighted by molar-refractivity contribution is 5.39. The van der Waals surface area contributed by atoms with Gasteiger partial charge in [-0.1, -0.05) is 13.0 Å². The molecule has 0 aromatic heterocycles. The van der Waals surface area contributed by atoms with Crippen molar-refractivity contribution in [2.24, 2.45) is 5.92 Å². The SMILES string of the molecule is CC(CO)CNC1CC(C)(C)Oc2cc(F)ccc21. The van der Waals surface area contributed by atoms with Crippen LogP contribution in [0.4, 0.5) is 4.39 Å². The first-order valence-corrected chi connectivity index (χ1v) is 6.74. The van der Waals surface area contributed by atoms with Crippen LogP contribution in [0.3, 0.4) is 0 Å². The lowest BCUT2D eigenvalue weighted by molar-refractivity contribution is 0.0642. The van der Waals surface area contributed by atoms with Crippen molar-refractivity contribution in [3.05, 3.63) is 29.6 Å². The quantitative estimate of drug-likeness (QED) is 0.881. The highest BCUT2D eigenvalue weighted by Crippen LogP contribution is 2.39. The van der Waals surface area contributed by atoms with E-state index in [0.717, 1.165) is 18.5 Å². The maximum absolute atomic E-state index is 13.3. The summed E-state index contributed by atoms with van der Waals surface area (Å²) in [5.74, 6) is 0.541. The largest absolute Gasteiger partial charge is 0.487 e. The van der Waals surface area contributed by atoms with Gasteiger partial charge >= 0.3 is 0 Å². The number of benzene rings is 1. The molecule has 2 rings (SSSR count). The molecule has 1 aromatic carbocycles. The van der Waals surface area contributed by atoms with Gasteiger partial charge in [0.25, 0.3) is 0 Å². The lowest BCUT2D eigenvalue weighted by Crippen LogP contribution is -2.40. The summed E-state index contributed by atoms with van der Waals surface area (Å²) in [5, 5.41) is 12.5. The van der Waals surface area contributed by atoms with Gasteiger partial charge in [0.2, 0.25) is 0 Å². The number of rotatable bonds is 4. The zero-order valence-corrected chi connectivity index (χ0v) is 11.7. The van der Waals surface area contributed by atoms with Gasteiger partial charge in [-0.2, -0.15) is 0 Å². The molecule has 2 unspecified atom stereocenters. The standard InChI is InChI=1S/C15H22FNO2/c1-10(9-18)8-17-13-7-15(2,3)19-14-6-11(16)4-5-12(13)14/h4-6,10,13,17-18H,7-9H2,1-3H3. The third-order valence-corrected chi connectivity index (χ3v) is 3.46. The zero-order valence-electron chi connectivity index (χ0n) is 11.7. The van der Waals surface area contributed by atoms with Crippen molar-refractivity contribution in [1.29, 1.82) is 0 Å². The molecular weight excluding hydrogens is 245 g/mol. The maximum Gasteiger partial charge on any atom is 0.127 e. The van der Waals surface area contributed by atoms with E-state index in [1.807, 2.05) is 20.8 Å². The van der Waals surface area contributed by atoms with Gasteiger partial charge in [-0.3, -0.25) is 0 Å². The fraction of sp³-hybridized carbons (Fsp3) is 0.600. The van der Waals surface area contributed by atoms with Gasteiger partial charge in [-0.05, 0) is 25.8 Å². The van der Waals surface area contributed by atoms with Crippen LogP contribution >= 0.6 is 0 Å². The molecule has 0 amide bonds. The summed E-state index contributed by atoms with van der Waals surface area (Å²) < 4.78 is 19.1. The average molecular weight is 267 g/mol. The molecule has 1 aliphatic heterocycles. The second kappa shape index (κ2) is 5.47. The highest BCUT2D eigenvalue weighted by atomic mass is 19.1. The van der Waals surface area contributed by atoms with E-state index in [9.17, 15) is 4.39 Å².